The average Bonchev–Trinajstić information content (AvgIpc) is 2.72. The van der Waals surface area contributed by atoms with Gasteiger partial charge in [0.15, 0.2) is 0 Å². The number of benzene rings is 2. The summed E-state index contributed by atoms with van der Waals surface area (Å²) in [6.45, 7) is 0.340. The number of aliphatic hydroxyl groups is 1. The van der Waals surface area contributed by atoms with Crippen molar-refractivity contribution in [2.24, 2.45) is 0 Å². The van der Waals surface area contributed by atoms with Crippen molar-refractivity contribution in [1.82, 2.24) is 15.2 Å². The Kier molecular flexibility index (Phi) is 5.60. The number of nitrogens with zero attached hydrogens (tertiary/aromatic N) is 3. The molecule has 0 bridgehead atoms. The van der Waals surface area contributed by atoms with Crippen molar-refractivity contribution >= 4 is 5.95 Å². The lowest BCUT2D eigenvalue weighted by molar-refractivity contribution is 0.310. The predicted molar refractivity (Wildman–Crippen MR) is 99.4 cm³/mol. The Balaban J connectivity index is 2.06. The van der Waals surface area contributed by atoms with Gasteiger partial charge in [0.1, 0.15) is 22.9 Å². The first kappa shape index (κ1) is 17.6. The second-order valence-electron chi connectivity index (χ2n) is 5.44. The van der Waals surface area contributed by atoms with Crippen LogP contribution < -0.4 is 14.8 Å². The van der Waals surface area contributed by atoms with Gasteiger partial charge in [0.05, 0.1) is 20.8 Å². The SMILES string of the molecule is COc1ccc(-c2nnc(NCCO)nc2-c2ccc(OC)cc2)cc1. The fraction of sp³-hybridized carbons (Fsp3) is 0.211. The van der Waals surface area contributed by atoms with Crippen molar-refractivity contribution in [2.45, 2.75) is 0 Å². The first-order valence-electron chi connectivity index (χ1n) is 8.13. The predicted octanol–water partition coefficient (Wildman–Crippen LogP) is 2.63. The Morgan fingerprint density at radius 3 is 1.85 bits per heavy atom. The van der Waals surface area contributed by atoms with Gasteiger partial charge in [-0.05, 0) is 48.5 Å². The van der Waals surface area contributed by atoms with Crippen molar-refractivity contribution < 1.29 is 14.6 Å². The molecule has 3 rings (SSSR count). The molecule has 0 aliphatic heterocycles. The van der Waals surface area contributed by atoms with Crippen molar-refractivity contribution in [3.63, 3.8) is 0 Å². The van der Waals surface area contributed by atoms with Crippen LogP contribution in [0.3, 0.4) is 0 Å². The third-order valence-electron chi connectivity index (χ3n) is 3.81. The zero-order chi connectivity index (χ0) is 18.4. The highest BCUT2D eigenvalue weighted by molar-refractivity contribution is 5.78. The molecule has 1 aromatic heterocycles. The Morgan fingerprint density at radius 1 is 0.808 bits per heavy atom. The Bertz CT molecular complexity index is 852. The number of aromatic nitrogens is 3. The summed E-state index contributed by atoms with van der Waals surface area (Å²) in [7, 11) is 3.25. The molecule has 0 unspecified atom stereocenters. The van der Waals surface area contributed by atoms with Crippen LogP contribution >= 0.6 is 0 Å². The zero-order valence-electron chi connectivity index (χ0n) is 14.6. The minimum absolute atomic E-state index is 0.0124. The van der Waals surface area contributed by atoms with Crippen molar-refractivity contribution in [3.05, 3.63) is 48.5 Å². The molecule has 3 aromatic rings. The van der Waals surface area contributed by atoms with E-state index in [1.165, 1.54) is 0 Å². The second kappa shape index (κ2) is 8.26. The molecule has 26 heavy (non-hydrogen) atoms. The van der Waals surface area contributed by atoms with E-state index in [9.17, 15) is 0 Å². The van der Waals surface area contributed by atoms with Crippen LogP contribution in [0.5, 0.6) is 11.5 Å². The van der Waals surface area contributed by atoms with Gasteiger partial charge in [-0.1, -0.05) is 0 Å². The van der Waals surface area contributed by atoms with Crippen LogP contribution in [0.25, 0.3) is 22.5 Å². The molecular formula is C19H20N4O3. The fourth-order valence-corrected chi connectivity index (χ4v) is 2.46. The van der Waals surface area contributed by atoms with Crippen molar-refractivity contribution in [2.75, 3.05) is 32.7 Å². The second-order valence-corrected chi connectivity index (χ2v) is 5.44. The lowest BCUT2D eigenvalue weighted by atomic mass is 10.0. The van der Waals surface area contributed by atoms with Gasteiger partial charge in [-0.25, -0.2) is 4.98 Å². The summed E-state index contributed by atoms with van der Waals surface area (Å²) in [6, 6.07) is 15.2. The van der Waals surface area contributed by atoms with Crippen LogP contribution in [0.4, 0.5) is 5.95 Å². The van der Waals surface area contributed by atoms with Gasteiger partial charge in [0.2, 0.25) is 5.95 Å². The molecule has 0 saturated heterocycles. The van der Waals surface area contributed by atoms with Crippen LogP contribution in [0.2, 0.25) is 0 Å². The van der Waals surface area contributed by atoms with Crippen LogP contribution in [0.1, 0.15) is 0 Å². The molecule has 2 aromatic carbocycles. The molecule has 0 aliphatic rings. The number of ether oxygens (including phenoxy) is 2. The van der Waals surface area contributed by atoms with Gasteiger partial charge in [-0.3, -0.25) is 0 Å². The molecule has 0 atom stereocenters. The Hall–Kier alpha value is -3.19. The summed E-state index contributed by atoms with van der Waals surface area (Å²) in [5, 5.41) is 20.4. The van der Waals surface area contributed by atoms with Gasteiger partial charge < -0.3 is 19.9 Å². The van der Waals surface area contributed by atoms with Gasteiger partial charge in [0.25, 0.3) is 0 Å². The number of hydrogen-bond acceptors (Lipinski definition) is 7. The maximum absolute atomic E-state index is 8.99. The molecule has 0 amide bonds. The molecular weight excluding hydrogens is 332 g/mol. The lowest BCUT2D eigenvalue weighted by Gasteiger charge is -2.11. The monoisotopic (exact) mass is 352 g/mol. The number of hydrogen-bond donors (Lipinski definition) is 2. The summed E-state index contributed by atoms with van der Waals surface area (Å²) < 4.78 is 10.4. The third kappa shape index (κ3) is 3.89. The highest BCUT2D eigenvalue weighted by atomic mass is 16.5. The average molecular weight is 352 g/mol. The van der Waals surface area contributed by atoms with Crippen LogP contribution in [0, 0.1) is 0 Å². The molecule has 7 heteroatoms. The Labute approximate surface area is 151 Å². The highest BCUT2D eigenvalue weighted by Gasteiger charge is 2.14. The van der Waals surface area contributed by atoms with Gasteiger partial charge >= 0.3 is 0 Å². The zero-order valence-corrected chi connectivity index (χ0v) is 14.6. The van der Waals surface area contributed by atoms with Crippen molar-refractivity contribution in [3.8, 4) is 34.0 Å². The minimum atomic E-state index is -0.0124. The molecule has 0 saturated carbocycles. The van der Waals surface area contributed by atoms with E-state index in [1.807, 2.05) is 48.5 Å². The van der Waals surface area contributed by atoms with E-state index in [2.05, 4.69) is 20.5 Å². The fourth-order valence-electron chi connectivity index (χ4n) is 2.46. The van der Waals surface area contributed by atoms with E-state index in [-0.39, 0.29) is 6.61 Å². The molecule has 7 nitrogen and oxygen atoms in total. The molecule has 0 spiro atoms. The maximum Gasteiger partial charge on any atom is 0.243 e. The normalized spacial score (nSPS) is 10.4. The summed E-state index contributed by atoms with van der Waals surface area (Å²) >= 11 is 0. The number of rotatable bonds is 7. The van der Waals surface area contributed by atoms with Crippen LogP contribution in [-0.4, -0.2) is 47.7 Å². The number of methoxy groups -OCH3 is 2. The molecule has 0 radical (unpaired) electrons. The van der Waals surface area contributed by atoms with E-state index in [0.29, 0.717) is 23.9 Å². The number of anilines is 1. The molecule has 0 aliphatic carbocycles. The smallest absolute Gasteiger partial charge is 0.243 e. The van der Waals surface area contributed by atoms with E-state index >= 15 is 0 Å². The third-order valence-corrected chi connectivity index (χ3v) is 3.81. The first-order chi connectivity index (χ1) is 12.7. The first-order valence-corrected chi connectivity index (χ1v) is 8.13. The van der Waals surface area contributed by atoms with Crippen molar-refractivity contribution in [1.29, 1.82) is 0 Å². The summed E-state index contributed by atoms with van der Waals surface area (Å²) in [6.07, 6.45) is 0. The lowest BCUT2D eigenvalue weighted by Crippen LogP contribution is -2.10. The van der Waals surface area contributed by atoms with Crippen LogP contribution in [-0.2, 0) is 0 Å². The largest absolute Gasteiger partial charge is 0.497 e. The summed E-state index contributed by atoms with van der Waals surface area (Å²) in [5.41, 5.74) is 3.12. The van der Waals surface area contributed by atoms with Gasteiger partial charge in [-0.15, -0.1) is 10.2 Å². The van der Waals surface area contributed by atoms with Crippen LogP contribution in [0.15, 0.2) is 48.5 Å². The molecule has 2 N–H and O–H groups in total. The van der Waals surface area contributed by atoms with Gasteiger partial charge in [0, 0.05) is 17.7 Å². The Morgan fingerprint density at radius 2 is 1.35 bits per heavy atom. The van der Waals surface area contributed by atoms with E-state index in [0.717, 1.165) is 22.6 Å². The summed E-state index contributed by atoms with van der Waals surface area (Å²) in [4.78, 5) is 4.59. The molecule has 1 heterocycles. The van der Waals surface area contributed by atoms with Gasteiger partial charge in [-0.2, -0.15) is 0 Å². The molecule has 134 valence electrons. The number of nitrogens with one attached hydrogen (secondary N) is 1. The summed E-state index contributed by atoms with van der Waals surface area (Å²) in [5.74, 6) is 1.89. The minimum Gasteiger partial charge on any atom is -0.497 e. The standard InChI is InChI=1S/C19H20N4O3/c1-25-15-7-3-13(4-8-15)17-18(14-5-9-16(26-2)10-6-14)22-23-19(21-17)20-11-12-24/h3-10,24H,11-12H2,1-2H3,(H,20,21,23). The topological polar surface area (TPSA) is 89.4 Å². The highest BCUT2D eigenvalue weighted by Crippen LogP contribution is 2.31. The maximum atomic E-state index is 8.99. The quantitative estimate of drug-likeness (QED) is 0.675. The number of aliphatic hydroxyl groups excluding tert-OH is 1. The van der Waals surface area contributed by atoms with E-state index < -0.39 is 0 Å². The van der Waals surface area contributed by atoms with E-state index in [1.54, 1.807) is 14.2 Å². The van der Waals surface area contributed by atoms with E-state index in [4.69, 9.17) is 14.6 Å². The molecule has 0 fully saturated rings.